The maximum Gasteiger partial charge on any atom is 0.246 e. The van der Waals surface area contributed by atoms with E-state index in [9.17, 15) is 9.18 Å². The minimum Gasteiger partial charge on any atom is -0.339 e. The highest BCUT2D eigenvalue weighted by molar-refractivity contribution is 5.91. The van der Waals surface area contributed by atoms with Crippen molar-refractivity contribution in [1.82, 2.24) is 10.2 Å². The number of amides is 1. The summed E-state index contributed by atoms with van der Waals surface area (Å²) < 4.78 is 12.8. The second-order valence-corrected chi connectivity index (χ2v) is 4.82. The summed E-state index contributed by atoms with van der Waals surface area (Å²) in [6.45, 7) is 1.92. The number of likely N-dealkylation sites (N-methyl/N-ethyl adjacent to an activating group) is 1. The van der Waals surface area contributed by atoms with Gasteiger partial charge in [-0.1, -0.05) is 12.1 Å². The van der Waals surface area contributed by atoms with E-state index in [2.05, 4.69) is 5.32 Å². The second-order valence-electron chi connectivity index (χ2n) is 4.82. The molecule has 102 valence electrons. The van der Waals surface area contributed by atoms with Crippen molar-refractivity contribution in [2.45, 2.75) is 18.9 Å². The molecule has 1 aliphatic rings. The molecule has 1 aromatic carbocycles. The van der Waals surface area contributed by atoms with Gasteiger partial charge >= 0.3 is 0 Å². The van der Waals surface area contributed by atoms with Crippen molar-refractivity contribution in [1.29, 1.82) is 0 Å². The molecular weight excluding hydrogens is 243 g/mol. The summed E-state index contributed by atoms with van der Waals surface area (Å²) in [5.41, 5.74) is 0.827. The van der Waals surface area contributed by atoms with Crippen LogP contribution >= 0.6 is 0 Å². The van der Waals surface area contributed by atoms with E-state index in [4.69, 9.17) is 0 Å². The molecule has 2 rings (SSSR count). The summed E-state index contributed by atoms with van der Waals surface area (Å²) in [6.07, 6.45) is 5.26. The average Bonchev–Trinajstić information content (AvgIpc) is 2.46. The zero-order chi connectivity index (χ0) is 13.7. The molecule has 0 spiro atoms. The normalized spacial score (nSPS) is 16.7. The maximum absolute atomic E-state index is 12.8. The molecule has 0 unspecified atom stereocenters. The van der Waals surface area contributed by atoms with Crippen molar-refractivity contribution in [3.8, 4) is 0 Å². The Kier molecular flexibility index (Phi) is 4.68. The highest BCUT2D eigenvalue weighted by atomic mass is 19.1. The van der Waals surface area contributed by atoms with Crippen LogP contribution < -0.4 is 5.32 Å². The van der Waals surface area contributed by atoms with Gasteiger partial charge in [0, 0.05) is 19.2 Å². The van der Waals surface area contributed by atoms with E-state index in [0.29, 0.717) is 6.04 Å². The fraction of sp³-hybridized carbons (Fsp3) is 0.400. The summed E-state index contributed by atoms with van der Waals surface area (Å²) in [5.74, 6) is -0.272. The molecule has 1 fully saturated rings. The predicted octanol–water partition coefficient (Wildman–Crippen LogP) is 2.05. The molecule has 0 radical (unpaired) electrons. The van der Waals surface area contributed by atoms with Crippen LogP contribution in [0, 0.1) is 5.82 Å². The lowest BCUT2D eigenvalue weighted by Gasteiger charge is -2.30. The summed E-state index contributed by atoms with van der Waals surface area (Å²) >= 11 is 0. The first-order valence-corrected chi connectivity index (χ1v) is 6.58. The van der Waals surface area contributed by atoms with Crippen molar-refractivity contribution in [2.75, 3.05) is 20.1 Å². The van der Waals surface area contributed by atoms with E-state index >= 15 is 0 Å². The molecule has 0 bridgehead atoms. The Morgan fingerprint density at radius 3 is 2.58 bits per heavy atom. The van der Waals surface area contributed by atoms with Crippen LogP contribution in [0.3, 0.4) is 0 Å². The average molecular weight is 262 g/mol. The van der Waals surface area contributed by atoms with Gasteiger partial charge in [-0.3, -0.25) is 4.79 Å². The SMILES string of the molecule is CN(C(=O)/C=C/c1ccc(F)cc1)C1CCNCC1. The number of hydrogen-bond donors (Lipinski definition) is 1. The quantitative estimate of drug-likeness (QED) is 0.846. The first-order chi connectivity index (χ1) is 9.16. The van der Waals surface area contributed by atoms with E-state index in [1.165, 1.54) is 12.1 Å². The topological polar surface area (TPSA) is 32.3 Å². The number of carbonyl (C=O) groups excluding carboxylic acids is 1. The van der Waals surface area contributed by atoms with E-state index < -0.39 is 0 Å². The van der Waals surface area contributed by atoms with Crippen molar-refractivity contribution < 1.29 is 9.18 Å². The van der Waals surface area contributed by atoms with Gasteiger partial charge in [0.2, 0.25) is 5.91 Å². The molecule has 4 heteroatoms. The Morgan fingerprint density at radius 2 is 1.95 bits per heavy atom. The molecule has 19 heavy (non-hydrogen) atoms. The van der Waals surface area contributed by atoms with Gasteiger partial charge in [-0.15, -0.1) is 0 Å². The van der Waals surface area contributed by atoms with Gasteiger partial charge in [0.15, 0.2) is 0 Å². The molecule has 3 nitrogen and oxygen atoms in total. The molecule has 1 aliphatic heterocycles. The largest absolute Gasteiger partial charge is 0.339 e. The predicted molar refractivity (Wildman–Crippen MR) is 74.1 cm³/mol. The standard InChI is InChI=1S/C15H19FN2O/c1-18(14-8-10-17-11-9-14)15(19)7-4-12-2-5-13(16)6-3-12/h2-7,14,17H,8-11H2,1H3/b7-4+. The number of piperidine rings is 1. The number of nitrogens with one attached hydrogen (secondary N) is 1. The van der Waals surface area contributed by atoms with Crippen LogP contribution in [0.1, 0.15) is 18.4 Å². The summed E-state index contributed by atoms with van der Waals surface area (Å²) in [6, 6.07) is 6.40. The lowest BCUT2D eigenvalue weighted by molar-refractivity contribution is -0.127. The van der Waals surface area contributed by atoms with Crippen LogP contribution in [0.5, 0.6) is 0 Å². The fourth-order valence-corrected chi connectivity index (χ4v) is 2.23. The van der Waals surface area contributed by atoms with Gasteiger partial charge in [0.25, 0.3) is 0 Å². The number of halogens is 1. The Bertz CT molecular complexity index is 450. The smallest absolute Gasteiger partial charge is 0.246 e. The second kappa shape index (κ2) is 6.48. The maximum atomic E-state index is 12.8. The highest BCUT2D eigenvalue weighted by Gasteiger charge is 2.20. The Balaban J connectivity index is 1.93. The van der Waals surface area contributed by atoms with E-state index in [1.54, 1.807) is 29.2 Å². The minimum atomic E-state index is -0.268. The Hall–Kier alpha value is -1.68. The third-order valence-corrected chi connectivity index (χ3v) is 3.49. The van der Waals surface area contributed by atoms with Crippen LogP contribution in [0.15, 0.2) is 30.3 Å². The number of carbonyl (C=O) groups is 1. The van der Waals surface area contributed by atoms with Gasteiger partial charge in [-0.2, -0.15) is 0 Å². The Labute approximate surface area is 113 Å². The third kappa shape index (κ3) is 3.89. The zero-order valence-corrected chi connectivity index (χ0v) is 11.1. The summed E-state index contributed by atoms with van der Waals surface area (Å²) in [5, 5.41) is 3.28. The molecule has 0 aromatic heterocycles. The van der Waals surface area contributed by atoms with Crippen molar-refractivity contribution in [3.63, 3.8) is 0 Å². The van der Waals surface area contributed by atoms with Gasteiger partial charge in [-0.25, -0.2) is 4.39 Å². The van der Waals surface area contributed by atoms with Crippen LogP contribution in [-0.2, 0) is 4.79 Å². The molecular formula is C15H19FN2O. The van der Waals surface area contributed by atoms with Gasteiger partial charge in [0.05, 0.1) is 0 Å². The summed E-state index contributed by atoms with van der Waals surface area (Å²) in [7, 11) is 1.84. The van der Waals surface area contributed by atoms with Gasteiger partial charge in [-0.05, 0) is 49.7 Å². The molecule has 0 atom stereocenters. The minimum absolute atomic E-state index is 0.00350. The number of benzene rings is 1. The highest BCUT2D eigenvalue weighted by Crippen LogP contribution is 2.11. The van der Waals surface area contributed by atoms with Crippen LogP contribution in [0.4, 0.5) is 4.39 Å². The lowest BCUT2D eigenvalue weighted by atomic mass is 10.1. The summed E-state index contributed by atoms with van der Waals surface area (Å²) in [4.78, 5) is 13.8. The molecule has 1 aromatic rings. The number of rotatable bonds is 3. The van der Waals surface area contributed by atoms with Crippen molar-refractivity contribution >= 4 is 12.0 Å². The molecule has 0 aliphatic carbocycles. The van der Waals surface area contributed by atoms with Crippen molar-refractivity contribution in [2.24, 2.45) is 0 Å². The first-order valence-electron chi connectivity index (χ1n) is 6.58. The fourth-order valence-electron chi connectivity index (χ4n) is 2.23. The van der Waals surface area contributed by atoms with Crippen molar-refractivity contribution in [3.05, 3.63) is 41.7 Å². The molecule has 0 saturated carbocycles. The first kappa shape index (κ1) is 13.7. The van der Waals surface area contributed by atoms with Crippen LogP contribution in [0.2, 0.25) is 0 Å². The number of hydrogen-bond acceptors (Lipinski definition) is 2. The van der Waals surface area contributed by atoms with Gasteiger partial charge in [0.1, 0.15) is 5.82 Å². The van der Waals surface area contributed by atoms with E-state index in [-0.39, 0.29) is 11.7 Å². The van der Waals surface area contributed by atoms with Gasteiger partial charge < -0.3 is 10.2 Å². The van der Waals surface area contributed by atoms with E-state index in [1.807, 2.05) is 7.05 Å². The molecule has 1 N–H and O–H groups in total. The molecule has 1 heterocycles. The Morgan fingerprint density at radius 1 is 1.32 bits per heavy atom. The molecule has 1 amide bonds. The number of nitrogens with zero attached hydrogens (tertiary/aromatic N) is 1. The lowest BCUT2D eigenvalue weighted by Crippen LogP contribution is -2.43. The van der Waals surface area contributed by atoms with Crippen LogP contribution in [0.25, 0.3) is 6.08 Å². The monoisotopic (exact) mass is 262 g/mol. The molecule has 1 saturated heterocycles. The van der Waals surface area contributed by atoms with E-state index in [0.717, 1.165) is 31.5 Å². The third-order valence-electron chi connectivity index (χ3n) is 3.49. The zero-order valence-electron chi connectivity index (χ0n) is 11.1. The van der Waals surface area contributed by atoms with Crippen LogP contribution in [-0.4, -0.2) is 37.0 Å².